The van der Waals surface area contributed by atoms with E-state index < -0.39 is 34.3 Å². The van der Waals surface area contributed by atoms with Gasteiger partial charge in [0.2, 0.25) is 5.91 Å². The third kappa shape index (κ3) is 5.33. The van der Waals surface area contributed by atoms with E-state index in [0.29, 0.717) is 5.06 Å². The fraction of sp³-hybridized carbons (Fsp3) is 0.207. The maximum atomic E-state index is 13.7. The topological polar surface area (TPSA) is 116 Å². The minimum absolute atomic E-state index is 0.0182. The van der Waals surface area contributed by atoms with Gasteiger partial charge in [0.25, 0.3) is 17.7 Å². The van der Waals surface area contributed by atoms with Crippen molar-refractivity contribution in [3.63, 3.8) is 0 Å². The highest BCUT2D eigenvalue weighted by atomic mass is 32.2. The van der Waals surface area contributed by atoms with Gasteiger partial charge in [0.1, 0.15) is 5.37 Å². The summed E-state index contributed by atoms with van der Waals surface area (Å²) in [5.41, 5.74) is 5.35. The van der Waals surface area contributed by atoms with Gasteiger partial charge in [-0.15, -0.1) is 16.8 Å². The average molecular weight is 589 g/mol. The van der Waals surface area contributed by atoms with E-state index in [9.17, 15) is 24.0 Å². The second-order valence-electron chi connectivity index (χ2n) is 9.45. The number of thioether (sulfide) groups is 1. The molecule has 3 heterocycles. The third-order valence-corrected chi connectivity index (χ3v) is 9.33. The third-order valence-electron chi connectivity index (χ3n) is 6.76. The fourth-order valence-corrected chi connectivity index (χ4v) is 7.29. The first-order valence-corrected chi connectivity index (χ1v) is 14.7. The summed E-state index contributed by atoms with van der Waals surface area (Å²) in [6, 6.07) is 24.5. The molecule has 3 aliphatic heterocycles. The number of imide groups is 1. The summed E-state index contributed by atoms with van der Waals surface area (Å²) < 4.78 is 0. The van der Waals surface area contributed by atoms with Crippen LogP contribution < -0.4 is 10.3 Å². The highest BCUT2D eigenvalue weighted by molar-refractivity contribution is 8.01. The summed E-state index contributed by atoms with van der Waals surface area (Å²) in [5, 5.41) is 0.470. The average Bonchev–Trinajstić information content (AvgIpc) is 3.47. The molecule has 6 rings (SSSR count). The Kier molecular flexibility index (Phi) is 7.52. The highest BCUT2D eigenvalue weighted by Gasteiger charge is 2.44. The number of hydrazine groups is 1. The van der Waals surface area contributed by atoms with Gasteiger partial charge in [0.05, 0.1) is 29.6 Å². The summed E-state index contributed by atoms with van der Waals surface area (Å²) in [6.45, 7) is -0.184. The van der Waals surface area contributed by atoms with Crippen LogP contribution in [0.2, 0.25) is 0 Å². The molecule has 208 valence electrons. The first-order chi connectivity index (χ1) is 19.9. The van der Waals surface area contributed by atoms with Crippen molar-refractivity contribution in [2.24, 2.45) is 0 Å². The summed E-state index contributed by atoms with van der Waals surface area (Å²) in [4.78, 5) is 72.1. The Morgan fingerprint density at radius 2 is 1.41 bits per heavy atom. The number of nitrogens with zero attached hydrogens (tertiary/aromatic N) is 3. The Labute approximate surface area is 243 Å². The van der Waals surface area contributed by atoms with Crippen LogP contribution in [-0.2, 0) is 28.8 Å². The van der Waals surface area contributed by atoms with Crippen molar-refractivity contribution in [2.75, 3.05) is 11.4 Å². The van der Waals surface area contributed by atoms with Crippen molar-refractivity contribution in [3.05, 3.63) is 84.4 Å². The van der Waals surface area contributed by atoms with E-state index in [0.717, 1.165) is 26.7 Å². The van der Waals surface area contributed by atoms with Gasteiger partial charge in [-0.25, -0.2) is 10.2 Å². The van der Waals surface area contributed by atoms with Gasteiger partial charge >= 0.3 is 5.97 Å². The van der Waals surface area contributed by atoms with Gasteiger partial charge in [-0.1, -0.05) is 66.4 Å². The van der Waals surface area contributed by atoms with Gasteiger partial charge in [0, 0.05) is 22.6 Å². The first kappa shape index (κ1) is 27.1. The molecule has 3 aromatic carbocycles. The Bertz CT molecular complexity index is 1490. The van der Waals surface area contributed by atoms with Crippen molar-refractivity contribution >= 4 is 64.5 Å². The highest BCUT2D eigenvalue weighted by Crippen LogP contribution is 2.48. The second-order valence-corrected chi connectivity index (χ2v) is 11.8. The molecule has 2 atom stereocenters. The number of para-hydroxylation sites is 2. The zero-order chi connectivity index (χ0) is 28.5. The number of benzene rings is 3. The molecule has 4 amide bonds. The van der Waals surface area contributed by atoms with Crippen LogP contribution in [-0.4, -0.2) is 51.5 Å². The zero-order valence-electron chi connectivity index (χ0n) is 21.6. The van der Waals surface area contributed by atoms with Crippen LogP contribution in [0.4, 0.5) is 11.4 Å². The van der Waals surface area contributed by atoms with Crippen LogP contribution >= 0.6 is 23.5 Å². The number of amides is 4. The number of fused-ring (bicyclic) bond motifs is 2. The van der Waals surface area contributed by atoms with Gasteiger partial charge < -0.3 is 4.84 Å². The summed E-state index contributed by atoms with van der Waals surface area (Å²) >= 11 is 2.82. The molecule has 0 radical (unpaired) electrons. The Morgan fingerprint density at radius 3 is 2.05 bits per heavy atom. The lowest BCUT2D eigenvalue weighted by atomic mass is 10.2. The number of rotatable bonds is 7. The number of anilines is 2. The fourth-order valence-electron chi connectivity index (χ4n) is 4.84. The van der Waals surface area contributed by atoms with Crippen LogP contribution in [0.3, 0.4) is 0 Å². The largest absolute Gasteiger partial charge is 0.334 e. The van der Waals surface area contributed by atoms with Crippen molar-refractivity contribution in [3.8, 4) is 0 Å². The van der Waals surface area contributed by atoms with Gasteiger partial charge in [0.15, 0.2) is 0 Å². The zero-order valence-corrected chi connectivity index (χ0v) is 23.2. The molecule has 1 N–H and O–H groups in total. The Morgan fingerprint density at radius 1 is 0.829 bits per heavy atom. The molecule has 3 aromatic rings. The second kappa shape index (κ2) is 11.4. The molecule has 0 saturated carbocycles. The predicted octanol–water partition coefficient (Wildman–Crippen LogP) is 3.96. The van der Waals surface area contributed by atoms with Crippen LogP contribution in [0.1, 0.15) is 30.2 Å². The van der Waals surface area contributed by atoms with Crippen LogP contribution in [0.5, 0.6) is 0 Å². The molecule has 2 saturated heterocycles. The maximum Gasteiger partial charge on any atom is 0.334 e. The van der Waals surface area contributed by atoms with Gasteiger partial charge in [-0.2, -0.15) is 0 Å². The monoisotopic (exact) mass is 588 g/mol. The Hall–Kier alpha value is -4.13. The molecule has 0 aromatic heterocycles. The molecule has 0 bridgehead atoms. The smallest absolute Gasteiger partial charge is 0.330 e. The number of nitrogens with one attached hydrogen (secondary N) is 1. The van der Waals surface area contributed by atoms with Crippen molar-refractivity contribution in [2.45, 2.75) is 39.7 Å². The lowest BCUT2D eigenvalue weighted by molar-refractivity contribution is -0.197. The maximum absolute atomic E-state index is 13.7. The SMILES string of the molecule is O=C(CC1SC(c2ccccc2)N(NCC(=O)N2c3ccccc3Sc3ccccc32)C1=O)ON1C(=O)CCC1=O. The Balaban J connectivity index is 1.20. The van der Waals surface area contributed by atoms with Gasteiger partial charge in [-0.3, -0.25) is 29.1 Å². The summed E-state index contributed by atoms with van der Waals surface area (Å²) in [6.07, 6.45) is -0.383. The van der Waals surface area contributed by atoms with Crippen LogP contribution in [0.25, 0.3) is 0 Å². The quantitative estimate of drug-likeness (QED) is 0.410. The molecule has 41 heavy (non-hydrogen) atoms. The molecule has 2 unspecified atom stereocenters. The van der Waals surface area contributed by atoms with Gasteiger partial charge in [-0.05, 0) is 29.8 Å². The van der Waals surface area contributed by atoms with E-state index >= 15 is 0 Å². The first-order valence-electron chi connectivity index (χ1n) is 12.9. The number of hydrogen-bond donors (Lipinski definition) is 1. The number of carbonyl (C=O) groups excluding carboxylic acids is 5. The molecular formula is C29H24N4O6S2. The van der Waals surface area contributed by atoms with E-state index in [1.807, 2.05) is 78.9 Å². The normalized spacial score (nSPS) is 19.8. The molecule has 10 nitrogen and oxygen atoms in total. The van der Waals surface area contributed by atoms with Crippen LogP contribution in [0, 0.1) is 0 Å². The molecule has 2 fully saturated rings. The molecular weight excluding hydrogens is 564 g/mol. The minimum Gasteiger partial charge on any atom is -0.330 e. The summed E-state index contributed by atoms with van der Waals surface area (Å²) in [5.74, 6) is -2.71. The van der Waals surface area contributed by atoms with Crippen molar-refractivity contribution in [1.29, 1.82) is 0 Å². The predicted molar refractivity (Wildman–Crippen MR) is 151 cm³/mol. The molecule has 12 heteroatoms. The lowest BCUT2D eigenvalue weighted by Gasteiger charge is -2.32. The number of carbonyl (C=O) groups is 5. The molecule has 3 aliphatic rings. The van der Waals surface area contributed by atoms with E-state index in [-0.39, 0.29) is 31.7 Å². The standard InChI is InChI=1S/C29H24N4O6S2/c34-24-14-15-25(35)33(24)39-27(37)16-23-28(38)32(29(41-23)18-8-2-1-3-9-18)30-17-26(36)31-19-10-4-6-12-21(19)40-22-13-7-5-11-20(22)31/h1-13,23,29-30H,14-17H2. The van der Waals surface area contributed by atoms with Crippen molar-refractivity contribution in [1.82, 2.24) is 15.5 Å². The molecule has 0 spiro atoms. The van der Waals surface area contributed by atoms with E-state index in [1.54, 1.807) is 16.7 Å². The van der Waals surface area contributed by atoms with E-state index in [2.05, 4.69) is 5.43 Å². The lowest BCUT2D eigenvalue weighted by Crippen LogP contribution is -2.47. The van der Waals surface area contributed by atoms with E-state index in [4.69, 9.17) is 4.84 Å². The molecule has 0 aliphatic carbocycles. The minimum atomic E-state index is -0.858. The number of hydrogen-bond acceptors (Lipinski definition) is 9. The van der Waals surface area contributed by atoms with E-state index in [1.165, 1.54) is 16.8 Å². The van der Waals surface area contributed by atoms with Crippen molar-refractivity contribution < 1.29 is 28.8 Å². The number of hydroxylamine groups is 2. The summed E-state index contributed by atoms with van der Waals surface area (Å²) in [7, 11) is 0. The van der Waals surface area contributed by atoms with Crippen LogP contribution in [0.15, 0.2) is 88.7 Å².